The number of morpholine rings is 1. The molecule has 278 valence electrons. The summed E-state index contributed by atoms with van der Waals surface area (Å²) in [7, 11) is 3.15. The van der Waals surface area contributed by atoms with E-state index in [4.69, 9.17) is 18.9 Å². The number of thiazole rings is 1. The number of nitrogens with one attached hydrogen (secondary N) is 1. The van der Waals surface area contributed by atoms with E-state index in [9.17, 15) is 9.59 Å². The molecule has 50 heavy (non-hydrogen) atoms. The van der Waals surface area contributed by atoms with E-state index in [0.717, 1.165) is 56.6 Å². The van der Waals surface area contributed by atoms with Crippen molar-refractivity contribution in [3.05, 3.63) is 51.2 Å². The number of halogens is 1. The molecule has 0 radical (unpaired) electrons. The second kappa shape index (κ2) is 18.8. The molecule has 1 aromatic carbocycles. The summed E-state index contributed by atoms with van der Waals surface area (Å²) in [6.45, 7) is 8.09. The summed E-state index contributed by atoms with van der Waals surface area (Å²) in [5.74, 6) is 0.0356. The minimum absolute atomic E-state index is 0.0252. The van der Waals surface area contributed by atoms with Gasteiger partial charge in [0.2, 0.25) is 5.91 Å². The fraction of sp³-hybridized carbons (Fsp3) is 0.711. The molecule has 3 heterocycles. The first-order chi connectivity index (χ1) is 24.2. The fourth-order valence-corrected chi connectivity index (χ4v) is 8.22. The van der Waals surface area contributed by atoms with Gasteiger partial charge in [0.25, 0.3) is 5.91 Å². The summed E-state index contributed by atoms with van der Waals surface area (Å²) in [5, 5.41) is 6.05. The van der Waals surface area contributed by atoms with Crippen LogP contribution in [0.15, 0.2) is 23.6 Å². The van der Waals surface area contributed by atoms with Gasteiger partial charge in [0.15, 0.2) is 6.29 Å². The van der Waals surface area contributed by atoms with Crippen LogP contribution in [0.4, 0.5) is 4.39 Å². The third kappa shape index (κ3) is 10.8. The zero-order valence-corrected chi connectivity index (χ0v) is 31.2. The van der Waals surface area contributed by atoms with Crippen LogP contribution in [0.2, 0.25) is 0 Å². The van der Waals surface area contributed by atoms with Gasteiger partial charge in [-0.25, -0.2) is 9.37 Å². The molecule has 1 unspecified atom stereocenters. The number of methoxy groups -OCH3 is 2. The van der Waals surface area contributed by atoms with E-state index in [1.54, 1.807) is 14.2 Å². The SMILES string of the molecule is COC(CC(CC(=O)NC1CCCCCC1)OCCc1cccc(CN2CCC3(CC2)CN(C(=O)c2csc(C(C)C)n2)CCO3)c1F)OC. The molecule has 0 bridgehead atoms. The summed E-state index contributed by atoms with van der Waals surface area (Å²) in [4.78, 5) is 35.0. The van der Waals surface area contributed by atoms with Crippen LogP contribution < -0.4 is 5.32 Å². The Hall–Kier alpha value is -2.48. The lowest BCUT2D eigenvalue weighted by molar-refractivity contribution is -0.138. The number of hydrogen-bond donors (Lipinski definition) is 1. The van der Waals surface area contributed by atoms with Gasteiger partial charge in [0.1, 0.15) is 11.5 Å². The molecule has 1 aromatic heterocycles. The van der Waals surface area contributed by atoms with Crippen LogP contribution in [0.25, 0.3) is 0 Å². The molecular weight excluding hydrogens is 660 g/mol. The Bertz CT molecular complexity index is 1370. The van der Waals surface area contributed by atoms with E-state index in [1.165, 1.54) is 24.2 Å². The van der Waals surface area contributed by atoms with Crippen LogP contribution >= 0.6 is 11.3 Å². The summed E-state index contributed by atoms with van der Waals surface area (Å²) in [5.41, 5.74) is 1.39. The van der Waals surface area contributed by atoms with Gasteiger partial charge < -0.3 is 29.2 Å². The number of nitrogens with zero attached hydrogens (tertiary/aromatic N) is 3. The number of hydrogen-bond acceptors (Lipinski definition) is 9. The van der Waals surface area contributed by atoms with Crippen molar-refractivity contribution in [3.8, 4) is 0 Å². The van der Waals surface area contributed by atoms with Crippen LogP contribution in [0.5, 0.6) is 0 Å². The number of aromatic nitrogens is 1. The Morgan fingerprint density at radius 1 is 1.08 bits per heavy atom. The second-order valence-corrected chi connectivity index (χ2v) is 15.4. The third-order valence-corrected chi connectivity index (χ3v) is 11.6. The van der Waals surface area contributed by atoms with Crippen molar-refractivity contribution in [3.63, 3.8) is 0 Å². The van der Waals surface area contributed by atoms with Crippen molar-refractivity contribution >= 4 is 23.2 Å². The maximum atomic E-state index is 15.8. The van der Waals surface area contributed by atoms with E-state index in [1.807, 2.05) is 28.5 Å². The van der Waals surface area contributed by atoms with Crippen molar-refractivity contribution in [2.75, 3.05) is 53.6 Å². The quantitative estimate of drug-likeness (QED) is 0.175. The van der Waals surface area contributed by atoms with Gasteiger partial charge in [-0.2, -0.15) is 0 Å². The summed E-state index contributed by atoms with van der Waals surface area (Å²) < 4.78 is 39.1. The molecule has 3 aliphatic rings. The maximum Gasteiger partial charge on any atom is 0.273 e. The molecule has 1 atom stereocenters. The van der Waals surface area contributed by atoms with Gasteiger partial charge in [0, 0.05) is 69.7 Å². The maximum absolute atomic E-state index is 15.8. The molecule has 1 N–H and O–H groups in total. The zero-order chi connectivity index (χ0) is 35.5. The smallest absolute Gasteiger partial charge is 0.273 e. The minimum Gasteiger partial charge on any atom is -0.377 e. The van der Waals surface area contributed by atoms with Crippen LogP contribution in [-0.4, -0.2) is 104 Å². The van der Waals surface area contributed by atoms with Gasteiger partial charge >= 0.3 is 0 Å². The number of likely N-dealkylation sites (tertiary alicyclic amines) is 1. The van der Waals surface area contributed by atoms with E-state index >= 15 is 4.39 Å². The van der Waals surface area contributed by atoms with Crippen LogP contribution in [0.1, 0.15) is 111 Å². The molecule has 2 amide bonds. The Morgan fingerprint density at radius 2 is 1.80 bits per heavy atom. The Morgan fingerprint density at radius 3 is 2.48 bits per heavy atom. The Labute approximate surface area is 301 Å². The predicted molar refractivity (Wildman–Crippen MR) is 192 cm³/mol. The zero-order valence-electron chi connectivity index (χ0n) is 30.4. The first-order valence-electron chi connectivity index (χ1n) is 18.5. The lowest BCUT2D eigenvalue weighted by atomic mass is 9.89. The van der Waals surface area contributed by atoms with E-state index in [2.05, 4.69) is 29.0 Å². The van der Waals surface area contributed by atoms with Crippen LogP contribution in [0, 0.1) is 5.82 Å². The highest BCUT2D eigenvalue weighted by atomic mass is 32.1. The molecule has 1 spiro atoms. The Kier molecular flexibility index (Phi) is 14.6. The van der Waals surface area contributed by atoms with Crippen molar-refractivity contribution in [2.24, 2.45) is 0 Å². The van der Waals surface area contributed by atoms with Crippen molar-refractivity contribution < 1.29 is 32.9 Å². The first kappa shape index (κ1) is 38.7. The number of rotatable bonds is 15. The van der Waals surface area contributed by atoms with Gasteiger partial charge in [0.05, 0.1) is 42.9 Å². The summed E-state index contributed by atoms with van der Waals surface area (Å²) in [6.07, 6.45) is 8.43. The molecule has 1 aliphatic carbocycles. The highest BCUT2D eigenvalue weighted by Gasteiger charge is 2.41. The summed E-state index contributed by atoms with van der Waals surface area (Å²) in [6, 6.07) is 5.78. The standard InChI is InChI=1S/C38H57FN4O6S/c1-27(2)36-41-32(25-50-36)37(45)43-19-21-49-38(26-43)15-17-42(18-16-38)24-29-11-9-10-28(35(29)39)14-20-48-31(23-34(46-3)47-4)22-33(44)40-30-12-7-5-6-8-13-30/h9-11,25,27,30-31,34H,5-8,12-24,26H2,1-4H3,(H,40,44). The molecule has 2 aromatic rings. The molecule has 1 saturated carbocycles. The predicted octanol–water partition coefficient (Wildman–Crippen LogP) is 6.08. The molecule has 10 nitrogen and oxygen atoms in total. The average molecular weight is 717 g/mol. The number of carbonyl (C=O) groups excluding carboxylic acids is 2. The van der Waals surface area contributed by atoms with Crippen LogP contribution in [0.3, 0.4) is 0 Å². The monoisotopic (exact) mass is 716 g/mol. The number of carbonyl (C=O) groups is 2. The number of piperidine rings is 1. The molecule has 5 rings (SSSR count). The van der Waals surface area contributed by atoms with Gasteiger partial charge in [-0.1, -0.05) is 57.7 Å². The van der Waals surface area contributed by atoms with Crippen molar-refractivity contribution in [1.29, 1.82) is 0 Å². The van der Waals surface area contributed by atoms with Gasteiger partial charge in [-0.3, -0.25) is 14.5 Å². The lowest BCUT2D eigenvalue weighted by Crippen LogP contribution is -2.58. The number of ether oxygens (including phenoxy) is 4. The molecule has 3 fully saturated rings. The molecule has 2 aliphatic heterocycles. The minimum atomic E-state index is -0.493. The van der Waals surface area contributed by atoms with E-state index in [0.29, 0.717) is 61.8 Å². The van der Waals surface area contributed by atoms with Gasteiger partial charge in [-0.15, -0.1) is 11.3 Å². The lowest BCUT2D eigenvalue weighted by Gasteiger charge is -2.47. The van der Waals surface area contributed by atoms with Crippen molar-refractivity contribution in [1.82, 2.24) is 20.1 Å². The Balaban J connectivity index is 1.11. The fourth-order valence-electron chi connectivity index (χ4n) is 7.41. The average Bonchev–Trinajstić information content (AvgIpc) is 3.48. The second-order valence-electron chi connectivity index (χ2n) is 14.5. The third-order valence-electron chi connectivity index (χ3n) is 10.4. The normalized spacial score (nSPS) is 19.6. The molecule has 12 heteroatoms. The van der Waals surface area contributed by atoms with E-state index in [-0.39, 0.29) is 42.3 Å². The topological polar surface area (TPSA) is 102 Å². The molecular formula is C38H57FN4O6S. The number of benzene rings is 1. The highest BCUT2D eigenvalue weighted by Crippen LogP contribution is 2.32. The van der Waals surface area contributed by atoms with Gasteiger partial charge in [-0.05, 0) is 37.7 Å². The van der Waals surface area contributed by atoms with Crippen LogP contribution in [-0.2, 0) is 36.7 Å². The van der Waals surface area contributed by atoms with Crippen molar-refractivity contribution in [2.45, 2.75) is 121 Å². The number of amides is 2. The summed E-state index contributed by atoms with van der Waals surface area (Å²) >= 11 is 1.54. The van der Waals surface area contributed by atoms with E-state index < -0.39 is 12.4 Å². The molecule has 2 saturated heterocycles. The highest BCUT2D eigenvalue weighted by molar-refractivity contribution is 7.09. The largest absolute Gasteiger partial charge is 0.377 e. The first-order valence-corrected chi connectivity index (χ1v) is 19.4.